The smallest absolute Gasteiger partial charge is 0.337 e. The van der Waals surface area contributed by atoms with E-state index in [2.05, 4.69) is 25.8 Å². The highest BCUT2D eigenvalue weighted by molar-refractivity contribution is 5.95. The lowest BCUT2D eigenvalue weighted by molar-refractivity contribution is 0.0697. The Morgan fingerprint density at radius 2 is 1.93 bits per heavy atom. The van der Waals surface area contributed by atoms with Crippen LogP contribution in [0.15, 0.2) is 42.7 Å². The van der Waals surface area contributed by atoms with E-state index in [-0.39, 0.29) is 5.56 Å². The summed E-state index contributed by atoms with van der Waals surface area (Å²) >= 11 is 0. The van der Waals surface area contributed by atoms with E-state index in [0.29, 0.717) is 18.0 Å². The average Bonchev–Trinajstić information content (AvgIpc) is 3.14. The fourth-order valence-corrected chi connectivity index (χ4v) is 3.21. The summed E-state index contributed by atoms with van der Waals surface area (Å²) in [6.07, 6.45) is 7.16. The van der Waals surface area contributed by atoms with Gasteiger partial charge in [0.1, 0.15) is 5.82 Å². The zero-order valence-corrected chi connectivity index (χ0v) is 17.3. The second-order valence-corrected chi connectivity index (χ2v) is 7.38. The van der Waals surface area contributed by atoms with Crippen molar-refractivity contribution in [3.05, 3.63) is 65.5 Å². The lowest BCUT2D eigenvalue weighted by Crippen LogP contribution is -2.07. The molecular formula is C23H28N4O2. The third-order valence-corrected chi connectivity index (χ3v) is 5.22. The number of benzene rings is 1. The molecule has 0 aliphatic carbocycles. The van der Waals surface area contributed by atoms with Gasteiger partial charge in [0.25, 0.3) is 0 Å². The maximum absolute atomic E-state index is 11.5. The molecule has 1 N–H and O–H groups in total. The Morgan fingerprint density at radius 3 is 2.59 bits per heavy atom. The van der Waals surface area contributed by atoms with Crippen molar-refractivity contribution < 1.29 is 9.90 Å². The van der Waals surface area contributed by atoms with Gasteiger partial charge in [0.05, 0.1) is 12.1 Å². The second kappa shape index (κ2) is 9.45. The number of hydrogen-bond donors (Lipinski definition) is 1. The van der Waals surface area contributed by atoms with E-state index >= 15 is 0 Å². The van der Waals surface area contributed by atoms with Gasteiger partial charge in [-0.25, -0.2) is 14.5 Å². The van der Waals surface area contributed by atoms with Gasteiger partial charge in [0, 0.05) is 24.7 Å². The summed E-state index contributed by atoms with van der Waals surface area (Å²) in [5.41, 5.74) is 2.84. The second-order valence-electron chi connectivity index (χ2n) is 7.38. The number of aryl methyl sites for hydroxylation is 1. The quantitative estimate of drug-likeness (QED) is 0.558. The van der Waals surface area contributed by atoms with Crippen LogP contribution in [0.3, 0.4) is 0 Å². The van der Waals surface area contributed by atoms with E-state index in [1.807, 2.05) is 28.9 Å². The van der Waals surface area contributed by atoms with Gasteiger partial charge in [0.15, 0.2) is 5.82 Å². The summed E-state index contributed by atoms with van der Waals surface area (Å²) in [7, 11) is 0. The Hall–Kier alpha value is -3.02. The van der Waals surface area contributed by atoms with Crippen molar-refractivity contribution in [3.63, 3.8) is 0 Å². The lowest BCUT2D eigenvalue weighted by Gasteiger charge is -2.09. The van der Waals surface area contributed by atoms with Crippen LogP contribution in [-0.2, 0) is 13.0 Å². The van der Waals surface area contributed by atoms with E-state index in [0.717, 1.165) is 48.5 Å². The highest BCUT2D eigenvalue weighted by Gasteiger charge is 2.15. The molecule has 29 heavy (non-hydrogen) atoms. The first kappa shape index (κ1) is 20.7. The molecule has 2 aromatic heterocycles. The van der Waals surface area contributed by atoms with Crippen molar-refractivity contribution in [1.82, 2.24) is 19.7 Å². The number of pyridine rings is 1. The Balaban J connectivity index is 1.84. The molecule has 3 aromatic rings. The SMILES string of the molecule is CCCCc1nc(C(C)CC)nn1Cc1ccc(-c2ccncc2C(=O)O)cc1. The van der Waals surface area contributed by atoms with E-state index in [4.69, 9.17) is 10.1 Å². The van der Waals surface area contributed by atoms with E-state index in [1.165, 1.54) is 6.20 Å². The van der Waals surface area contributed by atoms with Crippen LogP contribution in [0.4, 0.5) is 0 Å². The molecule has 0 spiro atoms. The number of hydrogen-bond acceptors (Lipinski definition) is 4. The van der Waals surface area contributed by atoms with E-state index < -0.39 is 5.97 Å². The van der Waals surface area contributed by atoms with Gasteiger partial charge in [-0.05, 0) is 35.6 Å². The summed E-state index contributed by atoms with van der Waals surface area (Å²) in [4.78, 5) is 20.2. The molecule has 0 saturated carbocycles. The monoisotopic (exact) mass is 392 g/mol. The van der Waals surface area contributed by atoms with Crippen molar-refractivity contribution in [3.8, 4) is 11.1 Å². The highest BCUT2D eigenvalue weighted by Crippen LogP contribution is 2.24. The number of unbranched alkanes of at least 4 members (excludes halogenated alkanes) is 1. The minimum atomic E-state index is -0.974. The standard InChI is InChI=1S/C23H28N4O2/c1-4-6-7-21-25-22(16(3)5-2)26-27(21)15-17-8-10-18(11-9-17)19-12-13-24-14-20(19)23(28)29/h8-14,16H,4-7,15H2,1-3H3,(H,28,29). The molecular weight excluding hydrogens is 364 g/mol. The molecule has 1 aromatic carbocycles. The predicted molar refractivity (Wildman–Crippen MR) is 113 cm³/mol. The van der Waals surface area contributed by atoms with Gasteiger partial charge in [-0.2, -0.15) is 5.10 Å². The minimum Gasteiger partial charge on any atom is -0.478 e. The van der Waals surface area contributed by atoms with Gasteiger partial charge in [-0.1, -0.05) is 51.5 Å². The molecule has 0 fully saturated rings. The summed E-state index contributed by atoms with van der Waals surface area (Å²) in [5, 5.41) is 14.2. The molecule has 3 rings (SSSR count). The van der Waals surface area contributed by atoms with Gasteiger partial charge in [-0.3, -0.25) is 4.98 Å². The van der Waals surface area contributed by atoms with Crippen molar-refractivity contribution in [2.75, 3.05) is 0 Å². The topological polar surface area (TPSA) is 80.9 Å². The number of aromatic carboxylic acids is 1. The normalized spacial score (nSPS) is 12.1. The number of aromatic nitrogens is 4. The Morgan fingerprint density at radius 1 is 1.17 bits per heavy atom. The maximum Gasteiger partial charge on any atom is 0.337 e. The van der Waals surface area contributed by atoms with Crippen LogP contribution in [0.1, 0.15) is 73.5 Å². The summed E-state index contributed by atoms with van der Waals surface area (Å²) in [6.45, 7) is 7.15. The number of carbonyl (C=O) groups is 1. The number of carboxylic acid groups (broad SMARTS) is 1. The molecule has 6 nitrogen and oxygen atoms in total. The predicted octanol–water partition coefficient (Wildman–Crippen LogP) is 4.94. The molecule has 2 heterocycles. The summed E-state index contributed by atoms with van der Waals surface area (Å²) in [6, 6.07) is 9.69. The van der Waals surface area contributed by atoms with Crippen LogP contribution in [0.2, 0.25) is 0 Å². The van der Waals surface area contributed by atoms with Gasteiger partial charge >= 0.3 is 5.97 Å². The van der Waals surface area contributed by atoms with Crippen molar-refractivity contribution >= 4 is 5.97 Å². The van der Waals surface area contributed by atoms with Crippen LogP contribution < -0.4 is 0 Å². The Bertz CT molecular complexity index is 963. The van der Waals surface area contributed by atoms with Crippen molar-refractivity contribution in [2.45, 2.75) is 58.9 Å². The first-order valence-corrected chi connectivity index (χ1v) is 10.2. The molecule has 0 bridgehead atoms. The van der Waals surface area contributed by atoms with Gasteiger partial charge < -0.3 is 5.11 Å². The number of carboxylic acids is 1. The molecule has 0 saturated heterocycles. The molecule has 0 radical (unpaired) electrons. The molecule has 6 heteroatoms. The molecule has 0 aliphatic rings. The third-order valence-electron chi connectivity index (χ3n) is 5.22. The maximum atomic E-state index is 11.5. The Kier molecular flexibility index (Phi) is 6.75. The molecule has 1 unspecified atom stereocenters. The minimum absolute atomic E-state index is 0.205. The molecule has 152 valence electrons. The molecule has 1 atom stereocenters. The van der Waals surface area contributed by atoms with Crippen molar-refractivity contribution in [1.29, 1.82) is 0 Å². The number of rotatable bonds is 9. The highest BCUT2D eigenvalue weighted by atomic mass is 16.4. The van der Waals surface area contributed by atoms with Gasteiger partial charge in [0.2, 0.25) is 0 Å². The third kappa shape index (κ3) is 4.88. The van der Waals surface area contributed by atoms with Crippen LogP contribution in [0.5, 0.6) is 0 Å². The first-order valence-electron chi connectivity index (χ1n) is 10.2. The Labute approximate surface area is 171 Å². The summed E-state index contributed by atoms with van der Waals surface area (Å²) in [5.74, 6) is 1.32. The van der Waals surface area contributed by atoms with E-state index in [9.17, 15) is 9.90 Å². The van der Waals surface area contributed by atoms with Crippen LogP contribution in [0.25, 0.3) is 11.1 Å². The number of nitrogens with zero attached hydrogens (tertiary/aromatic N) is 4. The molecule has 0 amide bonds. The average molecular weight is 393 g/mol. The largest absolute Gasteiger partial charge is 0.478 e. The lowest BCUT2D eigenvalue weighted by atomic mass is 10.0. The van der Waals surface area contributed by atoms with Crippen LogP contribution >= 0.6 is 0 Å². The van der Waals surface area contributed by atoms with Crippen LogP contribution in [0, 0.1) is 0 Å². The van der Waals surface area contributed by atoms with E-state index in [1.54, 1.807) is 12.3 Å². The first-order chi connectivity index (χ1) is 14.0. The summed E-state index contributed by atoms with van der Waals surface area (Å²) < 4.78 is 2.02. The van der Waals surface area contributed by atoms with Gasteiger partial charge in [-0.15, -0.1) is 0 Å². The van der Waals surface area contributed by atoms with Crippen molar-refractivity contribution in [2.24, 2.45) is 0 Å². The zero-order chi connectivity index (χ0) is 20.8. The fourth-order valence-electron chi connectivity index (χ4n) is 3.21. The fraction of sp³-hybridized carbons (Fsp3) is 0.391. The van der Waals surface area contributed by atoms with Crippen LogP contribution in [-0.4, -0.2) is 30.8 Å². The zero-order valence-electron chi connectivity index (χ0n) is 17.3. The molecule has 0 aliphatic heterocycles.